The van der Waals surface area contributed by atoms with Gasteiger partial charge in [-0.1, -0.05) is 19.9 Å². The van der Waals surface area contributed by atoms with Gasteiger partial charge in [-0.2, -0.15) is 0 Å². The van der Waals surface area contributed by atoms with E-state index in [0.29, 0.717) is 19.5 Å². The Labute approximate surface area is 102 Å². The Bertz CT molecular complexity index is 277. The van der Waals surface area contributed by atoms with E-state index < -0.39 is 12.0 Å². The second-order valence-electron chi connectivity index (χ2n) is 4.30. The molecule has 0 heterocycles. The van der Waals surface area contributed by atoms with E-state index in [0.717, 1.165) is 0 Å². The van der Waals surface area contributed by atoms with Gasteiger partial charge in [-0.25, -0.2) is 9.59 Å². The number of likely N-dealkylation sites (N-methyl/N-ethyl adjacent to an activating group) is 1. The minimum Gasteiger partial charge on any atom is -0.480 e. The molecule has 0 fully saturated rings. The lowest BCUT2D eigenvalue weighted by molar-refractivity contribution is -0.139. The summed E-state index contributed by atoms with van der Waals surface area (Å²) in [5, 5.41) is 11.5. The van der Waals surface area contributed by atoms with Gasteiger partial charge in [0.05, 0.1) is 0 Å². The third-order valence-corrected chi connectivity index (χ3v) is 2.32. The second kappa shape index (κ2) is 7.70. The highest BCUT2D eigenvalue weighted by Crippen LogP contribution is 2.05. The van der Waals surface area contributed by atoms with Crippen LogP contribution in [0.25, 0.3) is 0 Å². The molecule has 1 atom stereocenters. The number of urea groups is 1. The molecule has 5 nitrogen and oxygen atoms in total. The zero-order valence-electron chi connectivity index (χ0n) is 10.8. The van der Waals surface area contributed by atoms with Crippen LogP contribution in [0, 0.1) is 5.92 Å². The minimum atomic E-state index is -0.998. The summed E-state index contributed by atoms with van der Waals surface area (Å²) in [7, 11) is 0. The standard InChI is InChI=1S/C12H22N2O3/c1-5-7-14(6-2)12(17)13-10(11(15)16)8-9(3)4/h5,9-10H,1,6-8H2,2-4H3,(H,13,17)(H,15,16)/t10-/m0/s1. The highest BCUT2D eigenvalue weighted by atomic mass is 16.4. The van der Waals surface area contributed by atoms with Gasteiger partial charge in [0.2, 0.25) is 0 Å². The molecule has 2 amide bonds. The Morgan fingerprint density at radius 3 is 2.41 bits per heavy atom. The number of carbonyl (C=O) groups is 2. The van der Waals surface area contributed by atoms with Gasteiger partial charge in [-0.15, -0.1) is 6.58 Å². The van der Waals surface area contributed by atoms with Gasteiger partial charge < -0.3 is 15.3 Å². The van der Waals surface area contributed by atoms with Gasteiger partial charge in [0, 0.05) is 13.1 Å². The molecule has 98 valence electrons. The van der Waals surface area contributed by atoms with Crippen molar-refractivity contribution in [1.29, 1.82) is 0 Å². The van der Waals surface area contributed by atoms with Gasteiger partial charge in [0.15, 0.2) is 0 Å². The monoisotopic (exact) mass is 242 g/mol. The molecule has 0 aliphatic rings. The van der Waals surface area contributed by atoms with Crippen LogP contribution >= 0.6 is 0 Å². The first kappa shape index (κ1) is 15.5. The highest BCUT2D eigenvalue weighted by Gasteiger charge is 2.22. The number of nitrogens with one attached hydrogen (secondary N) is 1. The molecule has 0 aliphatic carbocycles. The van der Waals surface area contributed by atoms with E-state index in [2.05, 4.69) is 11.9 Å². The van der Waals surface area contributed by atoms with E-state index in [4.69, 9.17) is 5.11 Å². The number of nitrogens with zero attached hydrogens (tertiary/aromatic N) is 1. The minimum absolute atomic E-state index is 0.214. The van der Waals surface area contributed by atoms with Crippen LogP contribution in [0.1, 0.15) is 27.2 Å². The maximum atomic E-state index is 11.8. The number of amides is 2. The summed E-state index contributed by atoms with van der Waals surface area (Å²) < 4.78 is 0. The summed E-state index contributed by atoms with van der Waals surface area (Å²) in [5.41, 5.74) is 0. The Balaban J connectivity index is 4.47. The Kier molecular flexibility index (Phi) is 7.02. The van der Waals surface area contributed by atoms with Crippen molar-refractivity contribution in [2.75, 3.05) is 13.1 Å². The van der Waals surface area contributed by atoms with Gasteiger partial charge in [0.1, 0.15) is 6.04 Å². The smallest absolute Gasteiger partial charge is 0.326 e. The maximum absolute atomic E-state index is 11.8. The molecule has 0 saturated heterocycles. The topological polar surface area (TPSA) is 69.6 Å². The number of hydrogen-bond donors (Lipinski definition) is 2. The van der Waals surface area contributed by atoms with Crippen molar-refractivity contribution in [3.05, 3.63) is 12.7 Å². The molecule has 0 bridgehead atoms. The molecule has 17 heavy (non-hydrogen) atoms. The average molecular weight is 242 g/mol. The molecule has 0 aromatic heterocycles. The average Bonchev–Trinajstić information content (AvgIpc) is 2.23. The number of carboxylic acids is 1. The molecule has 0 rings (SSSR count). The summed E-state index contributed by atoms with van der Waals surface area (Å²) in [4.78, 5) is 24.3. The van der Waals surface area contributed by atoms with Crippen molar-refractivity contribution in [2.45, 2.75) is 33.2 Å². The van der Waals surface area contributed by atoms with Crippen LogP contribution in [0.4, 0.5) is 4.79 Å². The molecule has 0 unspecified atom stereocenters. The van der Waals surface area contributed by atoms with Crippen molar-refractivity contribution in [3.8, 4) is 0 Å². The summed E-state index contributed by atoms with van der Waals surface area (Å²) in [6.45, 7) is 10.2. The highest BCUT2D eigenvalue weighted by molar-refractivity contribution is 5.82. The SMILES string of the molecule is C=CCN(CC)C(=O)N[C@@H](CC(C)C)C(=O)O. The zero-order valence-corrected chi connectivity index (χ0v) is 10.8. The molecule has 5 heteroatoms. The predicted octanol–water partition coefficient (Wildman–Crippen LogP) is 1.70. The predicted molar refractivity (Wildman–Crippen MR) is 66.9 cm³/mol. The lowest BCUT2D eigenvalue weighted by Crippen LogP contribution is -2.48. The van der Waals surface area contributed by atoms with Gasteiger partial charge in [-0.05, 0) is 19.3 Å². The molecule has 2 N–H and O–H groups in total. The number of hydrogen-bond acceptors (Lipinski definition) is 2. The van der Waals surface area contributed by atoms with Crippen LogP contribution in [0.3, 0.4) is 0 Å². The first-order valence-corrected chi connectivity index (χ1v) is 5.81. The van der Waals surface area contributed by atoms with E-state index in [1.165, 1.54) is 4.90 Å². The molecule has 0 saturated carbocycles. The lowest BCUT2D eigenvalue weighted by atomic mass is 10.0. The Morgan fingerprint density at radius 1 is 1.47 bits per heavy atom. The van der Waals surface area contributed by atoms with Crippen molar-refractivity contribution < 1.29 is 14.7 Å². The fourth-order valence-electron chi connectivity index (χ4n) is 1.44. The molecular formula is C12H22N2O3. The quantitative estimate of drug-likeness (QED) is 0.668. The normalized spacial score (nSPS) is 12.0. The summed E-state index contributed by atoms with van der Waals surface area (Å²) in [6, 6.07) is -1.19. The molecular weight excluding hydrogens is 220 g/mol. The number of carbonyl (C=O) groups excluding carboxylic acids is 1. The first-order chi connectivity index (χ1) is 7.92. The van der Waals surface area contributed by atoms with Crippen LogP contribution in [-0.2, 0) is 4.79 Å². The number of aliphatic carboxylic acids is 1. The van der Waals surface area contributed by atoms with E-state index in [-0.39, 0.29) is 11.9 Å². The first-order valence-electron chi connectivity index (χ1n) is 5.81. The third-order valence-electron chi connectivity index (χ3n) is 2.32. The van der Waals surface area contributed by atoms with Crippen LogP contribution in [0.15, 0.2) is 12.7 Å². The third kappa shape index (κ3) is 5.94. The Morgan fingerprint density at radius 2 is 2.06 bits per heavy atom. The van der Waals surface area contributed by atoms with Gasteiger partial charge in [0.25, 0.3) is 0 Å². The van der Waals surface area contributed by atoms with Crippen LogP contribution < -0.4 is 5.32 Å². The summed E-state index contributed by atoms with van der Waals surface area (Å²) >= 11 is 0. The molecule has 0 radical (unpaired) electrons. The van der Waals surface area contributed by atoms with Crippen LogP contribution in [0.2, 0.25) is 0 Å². The van der Waals surface area contributed by atoms with Crippen molar-refractivity contribution in [1.82, 2.24) is 10.2 Å². The summed E-state index contributed by atoms with van der Waals surface area (Å²) in [5.74, 6) is -0.785. The van der Waals surface area contributed by atoms with E-state index in [9.17, 15) is 9.59 Å². The zero-order chi connectivity index (χ0) is 13.4. The van der Waals surface area contributed by atoms with Gasteiger partial charge in [-0.3, -0.25) is 0 Å². The fraction of sp³-hybridized carbons (Fsp3) is 0.667. The van der Waals surface area contributed by atoms with E-state index in [1.807, 2.05) is 20.8 Å². The number of rotatable bonds is 7. The fourth-order valence-corrected chi connectivity index (χ4v) is 1.44. The van der Waals surface area contributed by atoms with Crippen molar-refractivity contribution >= 4 is 12.0 Å². The Hall–Kier alpha value is -1.52. The van der Waals surface area contributed by atoms with Crippen molar-refractivity contribution in [3.63, 3.8) is 0 Å². The lowest BCUT2D eigenvalue weighted by Gasteiger charge is -2.23. The van der Waals surface area contributed by atoms with E-state index in [1.54, 1.807) is 6.08 Å². The van der Waals surface area contributed by atoms with E-state index >= 15 is 0 Å². The maximum Gasteiger partial charge on any atom is 0.326 e. The second-order valence-corrected chi connectivity index (χ2v) is 4.30. The molecule has 0 aromatic rings. The molecule has 0 aliphatic heterocycles. The number of carboxylic acid groups (broad SMARTS) is 1. The summed E-state index contributed by atoms with van der Waals surface area (Å²) in [6.07, 6.45) is 2.04. The molecule has 0 spiro atoms. The van der Waals surface area contributed by atoms with Crippen LogP contribution in [-0.4, -0.2) is 41.1 Å². The van der Waals surface area contributed by atoms with Crippen molar-refractivity contribution in [2.24, 2.45) is 5.92 Å². The molecule has 0 aromatic carbocycles. The largest absolute Gasteiger partial charge is 0.480 e. The van der Waals surface area contributed by atoms with Gasteiger partial charge >= 0.3 is 12.0 Å². The van der Waals surface area contributed by atoms with Crippen LogP contribution in [0.5, 0.6) is 0 Å².